The van der Waals surface area contributed by atoms with Crippen molar-refractivity contribution < 1.29 is 17.6 Å². The van der Waals surface area contributed by atoms with Gasteiger partial charge in [0, 0.05) is 5.69 Å². The minimum atomic E-state index is -3.67. The Balaban J connectivity index is 1.67. The molecule has 0 aliphatic rings. The van der Waals surface area contributed by atoms with E-state index in [0.717, 1.165) is 16.3 Å². The monoisotopic (exact) mass is 364 g/mol. The van der Waals surface area contributed by atoms with Crippen molar-refractivity contribution in [3.05, 3.63) is 59.4 Å². The van der Waals surface area contributed by atoms with E-state index < -0.39 is 27.3 Å². The van der Waals surface area contributed by atoms with Gasteiger partial charge in [-0.1, -0.05) is 18.2 Å². The SMILES string of the molecule is O=C(CS(=O)(=O)Cc1nc2ccccc2s1)Nc1cccc(F)c1. The number of para-hydroxylation sites is 1. The lowest BCUT2D eigenvalue weighted by Gasteiger charge is -2.05. The summed E-state index contributed by atoms with van der Waals surface area (Å²) >= 11 is 1.29. The first-order chi connectivity index (χ1) is 11.4. The molecule has 0 atom stereocenters. The second-order valence-corrected chi connectivity index (χ2v) is 8.35. The van der Waals surface area contributed by atoms with Crippen molar-refractivity contribution in [2.75, 3.05) is 11.1 Å². The van der Waals surface area contributed by atoms with Crippen LogP contribution >= 0.6 is 11.3 Å². The van der Waals surface area contributed by atoms with E-state index >= 15 is 0 Å². The second kappa shape index (κ2) is 6.66. The minimum Gasteiger partial charge on any atom is -0.325 e. The Labute approximate surface area is 142 Å². The van der Waals surface area contributed by atoms with E-state index in [1.54, 1.807) is 6.07 Å². The fraction of sp³-hybridized carbons (Fsp3) is 0.125. The van der Waals surface area contributed by atoms with E-state index in [0.29, 0.717) is 5.01 Å². The van der Waals surface area contributed by atoms with Crippen LogP contribution in [0.25, 0.3) is 10.2 Å². The molecule has 0 radical (unpaired) electrons. The van der Waals surface area contributed by atoms with Crippen molar-refractivity contribution in [1.82, 2.24) is 4.98 Å². The fourth-order valence-corrected chi connectivity index (χ4v) is 4.74. The third-order valence-corrected chi connectivity index (χ3v) is 5.78. The molecule has 2 aromatic carbocycles. The molecule has 0 bridgehead atoms. The van der Waals surface area contributed by atoms with Crippen LogP contribution in [-0.4, -0.2) is 25.1 Å². The molecule has 1 aromatic heterocycles. The number of rotatable bonds is 5. The number of hydrogen-bond donors (Lipinski definition) is 1. The van der Waals surface area contributed by atoms with E-state index in [4.69, 9.17) is 0 Å². The predicted octanol–water partition coefficient (Wildman–Crippen LogP) is 2.99. The number of aromatic nitrogens is 1. The first-order valence-electron chi connectivity index (χ1n) is 7.02. The van der Waals surface area contributed by atoms with Crippen LogP contribution in [0.1, 0.15) is 5.01 Å². The van der Waals surface area contributed by atoms with Crippen LogP contribution in [0.4, 0.5) is 10.1 Å². The Morgan fingerprint density at radius 1 is 1.17 bits per heavy atom. The number of carbonyl (C=O) groups is 1. The molecular weight excluding hydrogens is 351 g/mol. The van der Waals surface area contributed by atoms with E-state index in [1.807, 2.05) is 18.2 Å². The van der Waals surface area contributed by atoms with E-state index in [2.05, 4.69) is 10.3 Å². The molecule has 124 valence electrons. The molecular formula is C16H13FN2O3S2. The van der Waals surface area contributed by atoms with Crippen LogP contribution in [0.2, 0.25) is 0 Å². The molecule has 24 heavy (non-hydrogen) atoms. The zero-order chi connectivity index (χ0) is 17.2. The van der Waals surface area contributed by atoms with Gasteiger partial charge >= 0.3 is 0 Å². The van der Waals surface area contributed by atoms with Crippen LogP contribution in [-0.2, 0) is 20.4 Å². The first-order valence-corrected chi connectivity index (χ1v) is 9.65. The Morgan fingerprint density at radius 2 is 1.96 bits per heavy atom. The molecule has 0 saturated heterocycles. The summed E-state index contributed by atoms with van der Waals surface area (Å²) in [6.07, 6.45) is 0. The van der Waals surface area contributed by atoms with Gasteiger partial charge < -0.3 is 5.32 Å². The maximum Gasteiger partial charge on any atom is 0.239 e. The maximum atomic E-state index is 13.1. The summed E-state index contributed by atoms with van der Waals surface area (Å²) in [5.74, 6) is -2.20. The van der Waals surface area contributed by atoms with Gasteiger partial charge in [-0.05, 0) is 30.3 Å². The Bertz CT molecular complexity index is 966. The molecule has 5 nitrogen and oxygen atoms in total. The molecule has 0 unspecified atom stereocenters. The third kappa shape index (κ3) is 4.15. The van der Waals surface area contributed by atoms with Gasteiger partial charge in [-0.25, -0.2) is 17.8 Å². The lowest BCUT2D eigenvalue weighted by molar-refractivity contribution is -0.113. The average molecular weight is 364 g/mol. The third-order valence-electron chi connectivity index (χ3n) is 3.14. The zero-order valence-corrected chi connectivity index (χ0v) is 14.0. The van der Waals surface area contributed by atoms with Crippen molar-refractivity contribution in [1.29, 1.82) is 0 Å². The highest BCUT2D eigenvalue weighted by Crippen LogP contribution is 2.23. The normalized spacial score (nSPS) is 11.5. The lowest BCUT2D eigenvalue weighted by atomic mass is 10.3. The first kappa shape index (κ1) is 16.5. The number of anilines is 1. The standard InChI is InChI=1S/C16H13FN2O3S2/c17-11-4-3-5-12(8-11)18-15(20)9-24(21,22)10-16-19-13-6-1-2-7-14(13)23-16/h1-8H,9-10H2,(H,18,20). The summed E-state index contributed by atoms with van der Waals surface area (Å²) in [5.41, 5.74) is 0.951. The van der Waals surface area contributed by atoms with Crippen molar-refractivity contribution in [3.63, 3.8) is 0 Å². The highest BCUT2D eigenvalue weighted by molar-refractivity contribution is 7.91. The van der Waals surface area contributed by atoms with Crippen LogP contribution in [0.3, 0.4) is 0 Å². The smallest absolute Gasteiger partial charge is 0.239 e. The summed E-state index contributed by atoms with van der Waals surface area (Å²) in [4.78, 5) is 16.1. The van der Waals surface area contributed by atoms with Crippen LogP contribution in [0, 0.1) is 5.82 Å². The van der Waals surface area contributed by atoms with Gasteiger partial charge in [-0.3, -0.25) is 4.79 Å². The highest BCUT2D eigenvalue weighted by atomic mass is 32.2. The number of sulfone groups is 1. The number of thiazole rings is 1. The van der Waals surface area contributed by atoms with Gasteiger partial charge in [0.25, 0.3) is 0 Å². The van der Waals surface area contributed by atoms with Crippen molar-refractivity contribution in [2.24, 2.45) is 0 Å². The summed E-state index contributed by atoms with van der Waals surface area (Å²) in [7, 11) is -3.67. The van der Waals surface area contributed by atoms with Gasteiger partial charge in [-0.15, -0.1) is 11.3 Å². The molecule has 3 rings (SSSR count). The topological polar surface area (TPSA) is 76.1 Å². The van der Waals surface area contributed by atoms with Gasteiger partial charge in [0.15, 0.2) is 9.84 Å². The summed E-state index contributed by atoms with van der Waals surface area (Å²) in [6.45, 7) is 0. The number of hydrogen-bond acceptors (Lipinski definition) is 5. The highest BCUT2D eigenvalue weighted by Gasteiger charge is 2.20. The number of benzene rings is 2. The molecule has 1 heterocycles. The quantitative estimate of drug-likeness (QED) is 0.755. The van der Waals surface area contributed by atoms with Crippen LogP contribution < -0.4 is 5.32 Å². The van der Waals surface area contributed by atoms with E-state index in [1.165, 1.54) is 29.5 Å². The number of halogens is 1. The number of carbonyl (C=O) groups excluding carboxylic acids is 1. The largest absolute Gasteiger partial charge is 0.325 e. The van der Waals surface area contributed by atoms with Crippen molar-refractivity contribution in [2.45, 2.75) is 5.75 Å². The molecule has 3 aromatic rings. The molecule has 0 spiro atoms. The van der Waals surface area contributed by atoms with E-state index in [-0.39, 0.29) is 11.4 Å². The van der Waals surface area contributed by atoms with Crippen molar-refractivity contribution >= 4 is 43.0 Å². The average Bonchev–Trinajstić information content (AvgIpc) is 2.87. The second-order valence-electron chi connectivity index (χ2n) is 5.17. The predicted molar refractivity (Wildman–Crippen MR) is 92.1 cm³/mol. The number of amides is 1. The van der Waals surface area contributed by atoms with Crippen LogP contribution in [0.15, 0.2) is 48.5 Å². The Hall–Kier alpha value is -2.32. The molecule has 8 heteroatoms. The van der Waals surface area contributed by atoms with Gasteiger partial charge in [-0.2, -0.15) is 0 Å². The van der Waals surface area contributed by atoms with Gasteiger partial charge in [0.2, 0.25) is 5.91 Å². The Kier molecular flexibility index (Phi) is 4.59. The van der Waals surface area contributed by atoms with E-state index in [9.17, 15) is 17.6 Å². The molecule has 0 fully saturated rings. The number of nitrogens with one attached hydrogen (secondary N) is 1. The summed E-state index contributed by atoms with van der Waals surface area (Å²) in [6, 6.07) is 12.6. The van der Waals surface area contributed by atoms with Crippen molar-refractivity contribution in [3.8, 4) is 0 Å². The van der Waals surface area contributed by atoms with Gasteiger partial charge in [0.1, 0.15) is 22.3 Å². The van der Waals surface area contributed by atoms with Gasteiger partial charge in [0.05, 0.1) is 10.2 Å². The minimum absolute atomic E-state index is 0.218. The zero-order valence-electron chi connectivity index (χ0n) is 12.4. The summed E-state index contributed by atoms with van der Waals surface area (Å²) in [5, 5.41) is 2.82. The lowest BCUT2D eigenvalue weighted by Crippen LogP contribution is -2.23. The van der Waals surface area contributed by atoms with Crippen LogP contribution in [0.5, 0.6) is 0 Å². The molecule has 0 aliphatic carbocycles. The molecule has 1 amide bonds. The molecule has 0 aliphatic heterocycles. The molecule has 0 saturated carbocycles. The number of nitrogens with zero attached hydrogens (tertiary/aromatic N) is 1. The summed E-state index contributed by atoms with van der Waals surface area (Å²) < 4.78 is 38.3. The Morgan fingerprint density at radius 3 is 2.71 bits per heavy atom. The molecule has 1 N–H and O–H groups in total. The fourth-order valence-electron chi connectivity index (χ4n) is 2.18. The number of fused-ring (bicyclic) bond motifs is 1. The maximum absolute atomic E-state index is 13.1.